The average Bonchev–Trinajstić information content (AvgIpc) is 3.26. The van der Waals surface area contributed by atoms with Gasteiger partial charge in [0.05, 0.1) is 11.5 Å². The molecule has 3 aromatic rings. The summed E-state index contributed by atoms with van der Waals surface area (Å²) in [5.74, 6) is 3.16. The van der Waals surface area contributed by atoms with Crippen LogP contribution in [0.4, 0.5) is 0 Å². The van der Waals surface area contributed by atoms with Crippen LogP contribution in [0.1, 0.15) is 18.1 Å². The fourth-order valence-electron chi connectivity index (χ4n) is 2.26. The van der Waals surface area contributed by atoms with Gasteiger partial charge in [-0.3, -0.25) is 0 Å². The molecule has 0 spiro atoms. The molecule has 4 rings (SSSR count). The maximum Gasteiger partial charge on any atom is 0.240 e. The van der Waals surface area contributed by atoms with Crippen LogP contribution in [0.5, 0.6) is 11.5 Å². The van der Waals surface area contributed by atoms with Crippen LogP contribution >= 0.6 is 11.8 Å². The Morgan fingerprint density at radius 2 is 2.00 bits per heavy atom. The van der Waals surface area contributed by atoms with Gasteiger partial charge in [0.15, 0.2) is 17.3 Å². The van der Waals surface area contributed by atoms with Crippen molar-refractivity contribution in [1.82, 2.24) is 10.1 Å². The lowest BCUT2D eigenvalue weighted by molar-refractivity contribution is 0.171. The van der Waals surface area contributed by atoms with Gasteiger partial charge in [0.25, 0.3) is 0 Å². The second-order valence-electron chi connectivity index (χ2n) is 5.00. The predicted octanol–water partition coefficient (Wildman–Crippen LogP) is 3.95. The molecule has 3 heterocycles. The van der Waals surface area contributed by atoms with Crippen LogP contribution in [-0.4, -0.2) is 23.4 Å². The number of thioether (sulfide) groups is 1. The third-order valence-electron chi connectivity index (χ3n) is 3.36. The zero-order chi connectivity index (χ0) is 15.6. The van der Waals surface area contributed by atoms with E-state index in [4.69, 9.17) is 18.4 Å². The van der Waals surface area contributed by atoms with E-state index in [2.05, 4.69) is 10.1 Å². The van der Waals surface area contributed by atoms with Crippen molar-refractivity contribution in [2.24, 2.45) is 0 Å². The van der Waals surface area contributed by atoms with Gasteiger partial charge in [-0.25, -0.2) is 0 Å². The summed E-state index contributed by atoms with van der Waals surface area (Å²) in [6.45, 7) is 3.18. The molecule has 0 saturated heterocycles. The van der Waals surface area contributed by atoms with E-state index in [1.54, 1.807) is 30.2 Å². The number of aromatic nitrogens is 2. The molecule has 23 heavy (non-hydrogen) atoms. The second-order valence-corrected chi connectivity index (χ2v) is 6.41. The summed E-state index contributed by atoms with van der Waals surface area (Å²) < 4.78 is 21.7. The minimum Gasteiger partial charge on any atom is -0.486 e. The van der Waals surface area contributed by atoms with E-state index in [0.717, 1.165) is 16.4 Å². The molecule has 1 aliphatic heterocycles. The fourth-order valence-corrected chi connectivity index (χ4v) is 3.18. The normalized spacial score (nSPS) is 14.7. The number of hydrogen-bond acceptors (Lipinski definition) is 7. The predicted molar refractivity (Wildman–Crippen MR) is 83.7 cm³/mol. The first kappa shape index (κ1) is 14.2. The molecule has 0 amide bonds. The quantitative estimate of drug-likeness (QED) is 0.671. The standard InChI is InChI=1S/C16H14N2O4S/c1-10(16-17-15(18-22-16)13-3-2-6-19-13)23-11-4-5-12-14(9-11)21-8-7-20-12/h2-6,9-10H,7-8H2,1H3/t10-/m0/s1. The maximum absolute atomic E-state index is 5.60. The average molecular weight is 330 g/mol. The Balaban J connectivity index is 1.50. The first-order valence-corrected chi connectivity index (χ1v) is 8.11. The minimum atomic E-state index is 0.00812. The molecule has 0 bridgehead atoms. The molecule has 0 radical (unpaired) electrons. The molecule has 2 aromatic heterocycles. The van der Waals surface area contributed by atoms with Gasteiger partial charge in [0.1, 0.15) is 13.2 Å². The number of fused-ring (bicyclic) bond motifs is 1. The van der Waals surface area contributed by atoms with Crippen LogP contribution in [0.15, 0.2) is 50.4 Å². The zero-order valence-corrected chi connectivity index (χ0v) is 13.2. The Morgan fingerprint density at radius 1 is 1.13 bits per heavy atom. The number of ether oxygens (including phenoxy) is 2. The highest BCUT2D eigenvalue weighted by Gasteiger charge is 2.19. The monoisotopic (exact) mass is 330 g/mol. The van der Waals surface area contributed by atoms with Gasteiger partial charge in [-0.05, 0) is 37.3 Å². The van der Waals surface area contributed by atoms with Gasteiger partial charge < -0.3 is 18.4 Å². The number of furan rings is 1. The summed E-state index contributed by atoms with van der Waals surface area (Å²) in [6, 6.07) is 9.48. The molecule has 1 atom stereocenters. The van der Waals surface area contributed by atoms with Gasteiger partial charge in [0, 0.05) is 4.90 Å². The van der Waals surface area contributed by atoms with Crippen molar-refractivity contribution in [3.05, 3.63) is 42.5 Å². The van der Waals surface area contributed by atoms with Gasteiger partial charge in [-0.15, -0.1) is 11.8 Å². The van der Waals surface area contributed by atoms with E-state index in [9.17, 15) is 0 Å². The summed E-state index contributed by atoms with van der Waals surface area (Å²) in [6.07, 6.45) is 1.58. The van der Waals surface area contributed by atoms with Crippen molar-refractivity contribution in [3.63, 3.8) is 0 Å². The first-order chi connectivity index (χ1) is 11.3. The summed E-state index contributed by atoms with van der Waals surface area (Å²) in [5.41, 5.74) is 0. The van der Waals surface area contributed by atoms with Gasteiger partial charge >= 0.3 is 0 Å². The van der Waals surface area contributed by atoms with Gasteiger partial charge in [0.2, 0.25) is 11.7 Å². The van der Waals surface area contributed by atoms with Crippen molar-refractivity contribution < 1.29 is 18.4 Å². The molecular formula is C16H14N2O4S. The molecule has 0 saturated carbocycles. The smallest absolute Gasteiger partial charge is 0.240 e. The van der Waals surface area contributed by atoms with E-state index in [1.807, 2.05) is 25.1 Å². The van der Waals surface area contributed by atoms with Crippen LogP contribution in [0.3, 0.4) is 0 Å². The van der Waals surface area contributed by atoms with Crippen molar-refractivity contribution in [1.29, 1.82) is 0 Å². The number of nitrogens with zero attached hydrogens (tertiary/aromatic N) is 2. The highest BCUT2D eigenvalue weighted by molar-refractivity contribution is 7.99. The second kappa shape index (κ2) is 6.00. The van der Waals surface area contributed by atoms with E-state index in [-0.39, 0.29) is 5.25 Å². The SMILES string of the molecule is C[C@H](Sc1ccc2c(c1)OCCO2)c1nc(-c2ccco2)no1. The molecule has 7 heteroatoms. The molecule has 0 N–H and O–H groups in total. The fraction of sp³-hybridized carbons (Fsp3) is 0.250. The van der Waals surface area contributed by atoms with Crippen LogP contribution < -0.4 is 9.47 Å². The van der Waals surface area contributed by atoms with Crippen LogP contribution in [0.25, 0.3) is 11.6 Å². The molecule has 118 valence electrons. The third-order valence-corrected chi connectivity index (χ3v) is 4.44. The molecule has 0 unspecified atom stereocenters. The highest BCUT2D eigenvalue weighted by atomic mass is 32.2. The molecule has 1 aliphatic rings. The molecule has 6 nitrogen and oxygen atoms in total. The lowest BCUT2D eigenvalue weighted by Gasteiger charge is -2.19. The largest absolute Gasteiger partial charge is 0.486 e. The summed E-state index contributed by atoms with van der Waals surface area (Å²) in [7, 11) is 0. The number of rotatable bonds is 4. The van der Waals surface area contributed by atoms with E-state index >= 15 is 0 Å². The number of hydrogen-bond donors (Lipinski definition) is 0. The molecule has 0 aliphatic carbocycles. The topological polar surface area (TPSA) is 70.5 Å². The summed E-state index contributed by atoms with van der Waals surface area (Å²) >= 11 is 1.62. The summed E-state index contributed by atoms with van der Waals surface area (Å²) in [4.78, 5) is 5.44. The minimum absolute atomic E-state index is 0.00812. The van der Waals surface area contributed by atoms with Crippen molar-refractivity contribution in [2.75, 3.05) is 13.2 Å². The Morgan fingerprint density at radius 3 is 2.83 bits per heavy atom. The van der Waals surface area contributed by atoms with Crippen molar-refractivity contribution in [3.8, 4) is 23.1 Å². The van der Waals surface area contributed by atoms with Crippen LogP contribution in [0, 0.1) is 0 Å². The molecule has 1 aromatic carbocycles. The van der Waals surface area contributed by atoms with E-state index in [1.165, 1.54) is 0 Å². The van der Waals surface area contributed by atoms with Gasteiger partial charge in [-0.1, -0.05) is 5.16 Å². The lowest BCUT2D eigenvalue weighted by Crippen LogP contribution is -2.15. The summed E-state index contributed by atoms with van der Waals surface area (Å²) in [5, 5.41) is 3.96. The molecule has 0 fully saturated rings. The Hall–Kier alpha value is -2.41. The number of benzene rings is 1. The van der Waals surface area contributed by atoms with Crippen molar-refractivity contribution in [2.45, 2.75) is 17.1 Å². The van der Waals surface area contributed by atoms with Crippen molar-refractivity contribution >= 4 is 11.8 Å². The highest BCUT2D eigenvalue weighted by Crippen LogP contribution is 2.39. The van der Waals surface area contributed by atoms with Gasteiger partial charge in [-0.2, -0.15) is 4.98 Å². The van der Waals surface area contributed by atoms with Crippen LogP contribution in [0.2, 0.25) is 0 Å². The maximum atomic E-state index is 5.60. The van der Waals surface area contributed by atoms with Crippen LogP contribution in [-0.2, 0) is 0 Å². The lowest BCUT2D eigenvalue weighted by atomic mass is 10.3. The Labute approximate surface area is 136 Å². The molecular weight excluding hydrogens is 316 g/mol. The Kier molecular flexibility index (Phi) is 3.70. The first-order valence-electron chi connectivity index (χ1n) is 7.23. The third kappa shape index (κ3) is 2.92. The van der Waals surface area contributed by atoms with E-state index in [0.29, 0.717) is 30.7 Å². The van der Waals surface area contributed by atoms with E-state index < -0.39 is 0 Å². The zero-order valence-electron chi connectivity index (χ0n) is 12.4. The Bertz CT molecular complexity index is 800.